The molecule has 0 saturated heterocycles. The van der Waals surface area contributed by atoms with Crippen LogP contribution in [0.5, 0.6) is 0 Å². The zero-order valence-corrected chi connectivity index (χ0v) is 11.6. The number of esters is 1. The van der Waals surface area contributed by atoms with Crippen LogP contribution in [0.4, 0.5) is 0 Å². The van der Waals surface area contributed by atoms with Crippen molar-refractivity contribution in [1.82, 2.24) is 5.32 Å². The molecule has 0 aliphatic carbocycles. The zero-order valence-electron chi connectivity index (χ0n) is 11.6. The summed E-state index contributed by atoms with van der Waals surface area (Å²) >= 11 is 0. The van der Waals surface area contributed by atoms with Crippen LogP contribution >= 0.6 is 0 Å². The lowest BCUT2D eigenvalue weighted by atomic mass is 10.1. The second kappa shape index (κ2) is 8.67. The van der Waals surface area contributed by atoms with Gasteiger partial charge in [-0.2, -0.15) is 0 Å². The van der Waals surface area contributed by atoms with Crippen LogP contribution in [0.3, 0.4) is 0 Å². The first-order chi connectivity index (χ1) is 9.19. The SMILES string of the molecule is CCCCC(NCC(O)c1ccccc1)C(=O)OC. The third-order valence-corrected chi connectivity index (χ3v) is 3.07. The number of hydrogen-bond acceptors (Lipinski definition) is 4. The summed E-state index contributed by atoms with van der Waals surface area (Å²) in [5, 5.41) is 13.1. The van der Waals surface area contributed by atoms with Gasteiger partial charge in [0.15, 0.2) is 0 Å². The lowest BCUT2D eigenvalue weighted by Gasteiger charge is -2.18. The molecule has 19 heavy (non-hydrogen) atoms. The van der Waals surface area contributed by atoms with Crippen molar-refractivity contribution in [2.45, 2.75) is 38.3 Å². The van der Waals surface area contributed by atoms with Gasteiger partial charge in [-0.3, -0.25) is 4.79 Å². The minimum absolute atomic E-state index is 0.270. The number of aliphatic hydroxyl groups excluding tert-OH is 1. The topological polar surface area (TPSA) is 58.6 Å². The fraction of sp³-hybridized carbons (Fsp3) is 0.533. The first kappa shape index (κ1) is 15.7. The lowest BCUT2D eigenvalue weighted by Crippen LogP contribution is -2.39. The minimum Gasteiger partial charge on any atom is -0.468 e. The molecule has 2 unspecified atom stereocenters. The summed E-state index contributed by atoms with van der Waals surface area (Å²) in [4.78, 5) is 11.6. The maximum absolute atomic E-state index is 11.6. The molecule has 0 radical (unpaired) electrons. The van der Waals surface area contributed by atoms with Gasteiger partial charge in [-0.1, -0.05) is 50.1 Å². The molecule has 0 aliphatic rings. The van der Waals surface area contributed by atoms with E-state index in [1.165, 1.54) is 7.11 Å². The van der Waals surface area contributed by atoms with E-state index < -0.39 is 6.10 Å². The summed E-state index contributed by atoms with van der Waals surface area (Å²) in [5.74, 6) is -0.270. The molecule has 0 fully saturated rings. The fourth-order valence-corrected chi connectivity index (χ4v) is 1.90. The van der Waals surface area contributed by atoms with E-state index in [2.05, 4.69) is 12.2 Å². The van der Waals surface area contributed by atoms with E-state index in [9.17, 15) is 9.90 Å². The van der Waals surface area contributed by atoms with E-state index in [1.807, 2.05) is 30.3 Å². The number of benzene rings is 1. The Kier molecular flexibility index (Phi) is 7.15. The van der Waals surface area contributed by atoms with Crippen LogP contribution in [0.1, 0.15) is 37.9 Å². The van der Waals surface area contributed by atoms with Crippen LogP contribution in [0.25, 0.3) is 0 Å². The summed E-state index contributed by atoms with van der Waals surface area (Å²) in [5.41, 5.74) is 0.842. The smallest absolute Gasteiger partial charge is 0.322 e. The molecule has 0 amide bonds. The number of rotatable bonds is 8. The van der Waals surface area contributed by atoms with Gasteiger partial charge >= 0.3 is 5.97 Å². The van der Waals surface area contributed by atoms with Crippen LogP contribution in [-0.2, 0) is 9.53 Å². The van der Waals surface area contributed by atoms with Gasteiger partial charge in [-0.05, 0) is 12.0 Å². The molecule has 1 aromatic rings. The molecule has 1 aromatic carbocycles. The molecule has 4 heteroatoms. The van der Waals surface area contributed by atoms with Crippen molar-refractivity contribution in [3.05, 3.63) is 35.9 Å². The Morgan fingerprint density at radius 3 is 2.63 bits per heavy atom. The number of unbranched alkanes of at least 4 members (excludes halogenated alkanes) is 1. The maximum Gasteiger partial charge on any atom is 0.322 e. The third kappa shape index (κ3) is 5.41. The highest BCUT2D eigenvalue weighted by molar-refractivity contribution is 5.75. The highest BCUT2D eigenvalue weighted by atomic mass is 16.5. The second-order valence-electron chi connectivity index (χ2n) is 4.55. The monoisotopic (exact) mass is 265 g/mol. The Morgan fingerprint density at radius 1 is 1.37 bits per heavy atom. The van der Waals surface area contributed by atoms with Crippen molar-refractivity contribution in [3.63, 3.8) is 0 Å². The average molecular weight is 265 g/mol. The van der Waals surface area contributed by atoms with Crippen molar-refractivity contribution >= 4 is 5.97 Å². The van der Waals surface area contributed by atoms with Crippen LogP contribution < -0.4 is 5.32 Å². The lowest BCUT2D eigenvalue weighted by molar-refractivity contribution is -0.143. The quantitative estimate of drug-likeness (QED) is 0.706. The molecule has 0 aliphatic heterocycles. The molecule has 0 spiro atoms. The molecular weight excluding hydrogens is 242 g/mol. The van der Waals surface area contributed by atoms with Crippen molar-refractivity contribution in [3.8, 4) is 0 Å². The van der Waals surface area contributed by atoms with E-state index in [0.717, 1.165) is 24.8 Å². The Balaban J connectivity index is 2.48. The van der Waals surface area contributed by atoms with Crippen molar-refractivity contribution in [1.29, 1.82) is 0 Å². The van der Waals surface area contributed by atoms with E-state index in [-0.39, 0.29) is 12.0 Å². The molecule has 0 bridgehead atoms. The van der Waals surface area contributed by atoms with Gasteiger partial charge in [-0.25, -0.2) is 0 Å². The van der Waals surface area contributed by atoms with Gasteiger partial charge in [0, 0.05) is 6.54 Å². The Labute approximate surface area is 114 Å². The number of hydrogen-bond donors (Lipinski definition) is 2. The minimum atomic E-state index is -0.616. The second-order valence-corrected chi connectivity index (χ2v) is 4.55. The fourth-order valence-electron chi connectivity index (χ4n) is 1.90. The standard InChI is InChI=1S/C15H23NO3/c1-3-4-10-13(15(18)19-2)16-11-14(17)12-8-6-5-7-9-12/h5-9,13-14,16-17H,3-4,10-11H2,1-2H3. The van der Waals surface area contributed by atoms with Gasteiger partial charge in [0.25, 0.3) is 0 Å². The van der Waals surface area contributed by atoms with Crippen molar-refractivity contribution in [2.75, 3.05) is 13.7 Å². The third-order valence-electron chi connectivity index (χ3n) is 3.07. The van der Waals surface area contributed by atoms with E-state index in [4.69, 9.17) is 4.74 Å². The van der Waals surface area contributed by atoms with Crippen molar-refractivity contribution in [2.24, 2.45) is 0 Å². The van der Waals surface area contributed by atoms with Crippen molar-refractivity contribution < 1.29 is 14.6 Å². The average Bonchev–Trinajstić information content (AvgIpc) is 2.47. The van der Waals surface area contributed by atoms with Gasteiger partial charge in [0.1, 0.15) is 6.04 Å². The highest BCUT2D eigenvalue weighted by Gasteiger charge is 2.19. The van der Waals surface area contributed by atoms with Crippen LogP contribution in [0.2, 0.25) is 0 Å². The van der Waals surface area contributed by atoms with Crippen LogP contribution in [0.15, 0.2) is 30.3 Å². The maximum atomic E-state index is 11.6. The van der Waals surface area contributed by atoms with E-state index >= 15 is 0 Å². The summed E-state index contributed by atoms with van der Waals surface area (Å²) in [6, 6.07) is 9.06. The molecule has 0 aromatic heterocycles. The summed E-state index contributed by atoms with van der Waals surface area (Å²) in [6.07, 6.45) is 2.09. The molecule has 1 rings (SSSR count). The molecular formula is C15H23NO3. The highest BCUT2D eigenvalue weighted by Crippen LogP contribution is 2.11. The first-order valence-corrected chi connectivity index (χ1v) is 6.73. The summed E-state index contributed by atoms with van der Waals surface area (Å²) in [6.45, 7) is 2.42. The van der Waals surface area contributed by atoms with Gasteiger partial charge < -0.3 is 15.2 Å². The largest absolute Gasteiger partial charge is 0.468 e. The molecule has 4 nitrogen and oxygen atoms in total. The molecule has 0 heterocycles. The number of aliphatic hydroxyl groups is 1. The predicted molar refractivity (Wildman–Crippen MR) is 74.7 cm³/mol. The molecule has 2 N–H and O–H groups in total. The Bertz CT molecular complexity index is 367. The molecule has 106 valence electrons. The number of carbonyl (C=O) groups excluding carboxylic acids is 1. The number of carbonyl (C=O) groups is 1. The van der Waals surface area contributed by atoms with Crippen LogP contribution in [0, 0.1) is 0 Å². The van der Waals surface area contributed by atoms with E-state index in [1.54, 1.807) is 0 Å². The van der Waals surface area contributed by atoms with E-state index in [0.29, 0.717) is 6.54 Å². The number of methoxy groups -OCH3 is 1. The number of nitrogens with one attached hydrogen (secondary N) is 1. The molecule has 2 atom stereocenters. The summed E-state index contributed by atoms with van der Waals surface area (Å²) < 4.78 is 4.76. The predicted octanol–water partition coefficient (Wildman–Crippen LogP) is 2.04. The first-order valence-electron chi connectivity index (χ1n) is 6.73. The zero-order chi connectivity index (χ0) is 14.1. The summed E-state index contributed by atoms with van der Waals surface area (Å²) in [7, 11) is 1.39. The van der Waals surface area contributed by atoms with Gasteiger partial charge in [0.05, 0.1) is 13.2 Å². The Morgan fingerprint density at radius 2 is 2.05 bits per heavy atom. The van der Waals surface area contributed by atoms with Gasteiger partial charge in [0.2, 0.25) is 0 Å². The Hall–Kier alpha value is -1.39. The molecule has 0 saturated carbocycles. The van der Waals surface area contributed by atoms with Crippen LogP contribution in [-0.4, -0.2) is 30.8 Å². The van der Waals surface area contributed by atoms with Gasteiger partial charge in [-0.15, -0.1) is 0 Å². The number of ether oxygens (including phenoxy) is 1. The normalized spacial score (nSPS) is 13.8.